The molecule has 34 heavy (non-hydrogen) atoms. The predicted octanol–water partition coefficient (Wildman–Crippen LogP) is 4.38. The Morgan fingerprint density at radius 3 is 2.56 bits per heavy atom. The number of rotatable bonds is 5. The quantitative estimate of drug-likeness (QED) is 0.454. The van der Waals surface area contributed by atoms with E-state index in [2.05, 4.69) is 25.3 Å². The summed E-state index contributed by atoms with van der Waals surface area (Å²) < 4.78 is 18.4. The van der Waals surface area contributed by atoms with E-state index in [4.69, 9.17) is 21.1 Å². The molecule has 1 saturated heterocycles. The highest BCUT2D eigenvalue weighted by atomic mass is 35.5. The van der Waals surface area contributed by atoms with Crippen molar-refractivity contribution in [3.8, 4) is 22.5 Å². The Hall–Kier alpha value is -3.85. The highest BCUT2D eigenvalue weighted by molar-refractivity contribution is 6.33. The van der Waals surface area contributed by atoms with Gasteiger partial charge in [-0.2, -0.15) is 0 Å². The van der Waals surface area contributed by atoms with Crippen LogP contribution in [0.5, 0.6) is 0 Å². The minimum atomic E-state index is -0.324. The number of carbonyl (C=O) groups excluding carboxylic acids is 1. The fourth-order valence-corrected chi connectivity index (χ4v) is 4.16. The van der Waals surface area contributed by atoms with Gasteiger partial charge in [-0.25, -0.2) is 9.37 Å². The number of anilines is 1. The molecule has 10 heteroatoms. The Balaban J connectivity index is 1.39. The third kappa shape index (κ3) is 4.60. The Kier molecular flexibility index (Phi) is 6.18. The van der Waals surface area contributed by atoms with Gasteiger partial charge in [0.15, 0.2) is 0 Å². The third-order valence-corrected chi connectivity index (χ3v) is 6.02. The Bertz CT molecular complexity index is 1290. The zero-order valence-corrected chi connectivity index (χ0v) is 18.7. The van der Waals surface area contributed by atoms with Gasteiger partial charge in [-0.1, -0.05) is 16.8 Å². The molecular weight excluding hydrogens is 459 g/mol. The number of hydrogen-bond donors (Lipinski definition) is 1. The molecule has 5 rings (SSSR count). The summed E-state index contributed by atoms with van der Waals surface area (Å²) in [5.41, 5.74) is 2.63. The summed E-state index contributed by atoms with van der Waals surface area (Å²) >= 11 is 6.44. The molecular formula is C24H20ClFN6O2. The van der Waals surface area contributed by atoms with Crippen LogP contribution in [-0.4, -0.2) is 45.1 Å². The molecule has 1 amide bonds. The molecule has 1 N–H and O–H groups in total. The lowest BCUT2D eigenvalue weighted by molar-refractivity contribution is 0.0893. The standard InChI is InChI=1S/C24H20ClFN6O2/c25-19-13-27-9-5-18(19)23-22(15-1-3-16(26)4-2-15)28-14-21(31-23)32-11-7-17(8-12-32)30-24(33)20-6-10-29-34-20/h1-6,9-10,13-14,17H,7-8,11-12H2,(H,30,33). The molecule has 4 aromatic rings. The summed E-state index contributed by atoms with van der Waals surface area (Å²) in [4.78, 5) is 28.0. The second-order valence-electron chi connectivity index (χ2n) is 7.90. The Labute approximate surface area is 199 Å². The topological polar surface area (TPSA) is 97.0 Å². The minimum absolute atomic E-state index is 0.0226. The van der Waals surface area contributed by atoms with Crippen molar-refractivity contribution in [2.24, 2.45) is 0 Å². The molecule has 0 saturated carbocycles. The number of aromatic nitrogens is 4. The highest BCUT2D eigenvalue weighted by Crippen LogP contribution is 2.34. The number of carbonyl (C=O) groups is 1. The summed E-state index contributed by atoms with van der Waals surface area (Å²) in [5, 5.41) is 7.00. The van der Waals surface area contributed by atoms with Gasteiger partial charge >= 0.3 is 0 Å². The molecule has 4 heterocycles. The van der Waals surface area contributed by atoms with Gasteiger partial charge in [-0.05, 0) is 43.2 Å². The van der Waals surface area contributed by atoms with E-state index in [0.29, 0.717) is 40.9 Å². The first-order valence-electron chi connectivity index (χ1n) is 10.8. The fraction of sp³-hybridized carbons (Fsp3) is 0.208. The predicted molar refractivity (Wildman–Crippen MR) is 125 cm³/mol. The van der Waals surface area contributed by atoms with Gasteiger partial charge in [0.25, 0.3) is 5.91 Å². The van der Waals surface area contributed by atoms with Crippen molar-refractivity contribution < 1.29 is 13.7 Å². The summed E-state index contributed by atoms with van der Waals surface area (Å²) in [6, 6.07) is 9.46. The lowest BCUT2D eigenvalue weighted by Crippen LogP contribution is -2.45. The maximum atomic E-state index is 13.5. The van der Waals surface area contributed by atoms with Crippen molar-refractivity contribution >= 4 is 23.3 Å². The summed E-state index contributed by atoms with van der Waals surface area (Å²) in [5.74, 6) is 0.307. The monoisotopic (exact) mass is 478 g/mol. The first kappa shape index (κ1) is 22.0. The van der Waals surface area contributed by atoms with Gasteiger partial charge in [-0.15, -0.1) is 0 Å². The van der Waals surface area contributed by atoms with Gasteiger partial charge in [0.2, 0.25) is 5.76 Å². The number of halogens is 2. The molecule has 1 fully saturated rings. The van der Waals surface area contributed by atoms with E-state index in [-0.39, 0.29) is 23.5 Å². The second kappa shape index (κ2) is 9.56. The van der Waals surface area contributed by atoms with Crippen molar-refractivity contribution in [1.82, 2.24) is 25.4 Å². The summed E-state index contributed by atoms with van der Waals surface area (Å²) in [6.45, 7) is 1.38. The van der Waals surface area contributed by atoms with Crippen molar-refractivity contribution in [2.45, 2.75) is 18.9 Å². The summed E-state index contributed by atoms with van der Waals surface area (Å²) in [7, 11) is 0. The maximum absolute atomic E-state index is 13.5. The average Bonchev–Trinajstić information content (AvgIpc) is 3.41. The van der Waals surface area contributed by atoms with Gasteiger partial charge in [-0.3, -0.25) is 14.8 Å². The number of pyridine rings is 1. The van der Waals surface area contributed by atoms with E-state index in [1.165, 1.54) is 24.4 Å². The van der Waals surface area contributed by atoms with E-state index in [0.717, 1.165) is 18.4 Å². The van der Waals surface area contributed by atoms with Crippen LogP contribution >= 0.6 is 11.6 Å². The molecule has 0 bridgehead atoms. The van der Waals surface area contributed by atoms with Gasteiger partial charge in [0, 0.05) is 48.7 Å². The molecule has 1 aromatic carbocycles. The molecule has 1 aliphatic heterocycles. The smallest absolute Gasteiger partial charge is 0.290 e. The number of hydrogen-bond acceptors (Lipinski definition) is 7. The van der Waals surface area contributed by atoms with Crippen LogP contribution in [0, 0.1) is 5.82 Å². The van der Waals surface area contributed by atoms with Crippen molar-refractivity contribution in [2.75, 3.05) is 18.0 Å². The van der Waals surface area contributed by atoms with Crippen LogP contribution in [0.1, 0.15) is 23.4 Å². The SMILES string of the molecule is O=C(NC1CCN(c2cnc(-c3ccc(F)cc3)c(-c3ccncc3Cl)n2)CC1)c1ccno1. The largest absolute Gasteiger partial charge is 0.355 e. The fourth-order valence-electron chi connectivity index (χ4n) is 3.95. The maximum Gasteiger partial charge on any atom is 0.290 e. The Morgan fingerprint density at radius 2 is 1.85 bits per heavy atom. The lowest BCUT2D eigenvalue weighted by atomic mass is 10.0. The number of piperidine rings is 1. The second-order valence-corrected chi connectivity index (χ2v) is 8.31. The molecule has 0 atom stereocenters. The van der Waals surface area contributed by atoms with Crippen LogP contribution in [-0.2, 0) is 0 Å². The normalized spacial score (nSPS) is 14.2. The molecule has 8 nitrogen and oxygen atoms in total. The third-order valence-electron chi connectivity index (χ3n) is 5.72. The van der Waals surface area contributed by atoms with Gasteiger partial charge in [0.05, 0.1) is 23.1 Å². The zero-order valence-electron chi connectivity index (χ0n) is 18.0. The van der Waals surface area contributed by atoms with E-state index in [1.807, 2.05) is 0 Å². The molecule has 172 valence electrons. The van der Waals surface area contributed by atoms with Crippen molar-refractivity contribution in [3.05, 3.63) is 77.8 Å². The number of nitrogens with one attached hydrogen (secondary N) is 1. The first-order chi connectivity index (χ1) is 16.6. The van der Waals surface area contributed by atoms with Gasteiger partial charge < -0.3 is 14.7 Å². The molecule has 3 aromatic heterocycles. The first-order valence-corrected chi connectivity index (χ1v) is 11.2. The minimum Gasteiger partial charge on any atom is -0.355 e. The molecule has 0 spiro atoms. The van der Waals surface area contributed by atoms with Crippen LogP contribution < -0.4 is 10.2 Å². The number of amides is 1. The zero-order chi connectivity index (χ0) is 23.5. The van der Waals surface area contributed by atoms with Crippen LogP contribution in [0.25, 0.3) is 22.5 Å². The molecule has 1 aliphatic rings. The average molecular weight is 479 g/mol. The Morgan fingerprint density at radius 1 is 1.06 bits per heavy atom. The molecule has 0 radical (unpaired) electrons. The van der Waals surface area contributed by atoms with Crippen molar-refractivity contribution in [3.63, 3.8) is 0 Å². The van der Waals surface area contributed by atoms with Crippen LogP contribution in [0.15, 0.2) is 65.7 Å². The molecule has 0 unspecified atom stereocenters. The van der Waals surface area contributed by atoms with Crippen LogP contribution in [0.2, 0.25) is 5.02 Å². The van der Waals surface area contributed by atoms with E-state index < -0.39 is 0 Å². The van der Waals surface area contributed by atoms with Crippen LogP contribution in [0.3, 0.4) is 0 Å². The van der Waals surface area contributed by atoms with E-state index >= 15 is 0 Å². The molecule has 0 aliphatic carbocycles. The van der Waals surface area contributed by atoms with E-state index in [9.17, 15) is 9.18 Å². The lowest BCUT2D eigenvalue weighted by Gasteiger charge is -2.33. The number of benzene rings is 1. The van der Waals surface area contributed by atoms with Crippen LogP contribution in [0.4, 0.5) is 10.2 Å². The van der Waals surface area contributed by atoms with E-state index in [1.54, 1.807) is 36.8 Å². The summed E-state index contributed by atoms with van der Waals surface area (Å²) in [6.07, 6.45) is 7.84. The van der Waals surface area contributed by atoms with Crippen molar-refractivity contribution in [1.29, 1.82) is 0 Å². The van der Waals surface area contributed by atoms with Gasteiger partial charge in [0.1, 0.15) is 17.3 Å². The highest BCUT2D eigenvalue weighted by Gasteiger charge is 2.24. The number of nitrogens with zero attached hydrogens (tertiary/aromatic N) is 5.